The first kappa shape index (κ1) is 16.9. The lowest BCUT2D eigenvalue weighted by atomic mass is 10.3. The van der Waals surface area contributed by atoms with Crippen molar-refractivity contribution >= 4 is 5.97 Å². The van der Waals surface area contributed by atoms with Crippen molar-refractivity contribution in [3.63, 3.8) is 0 Å². The summed E-state index contributed by atoms with van der Waals surface area (Å²) in [6.07, 6.45) is 2.01. The van der Waals surface area contributed by atoms with Crippen LogP contribution in [0.15, 0.2) is 42.6 Å². The average molecular weight is 318 g/mol. The second-order valence-corrected chi connectivity index (χ2v) is 4.80. The summed E-state index contributed by atoms with van der Waals surface area (Å²) in [4.78, 5) is 15.3. The van der Waals surface area contributed by atoms with Crippen LogP contribution in [0.2, 0.25) is 0 Å². The largest absolute Gasteiger partial charge is 0.466 e. The van der Waals surface area contributed by atoms with E-state index in [-0.39, 0.29) is 11.8 Å². The number of rotatable bonds is 8. The molecule has 1 N–H and O–H groups in total. The Balaban J connectivity index is 1.77. The molecule has 0 bridgehead atoms. The minimum Gasteiger partial charge on any atom is -0.466 e. The van der Waals surface area contributed by atoms with E-state index in [1.807, 2.05) is 6.07 Å². The van der Waals surface area contributed by atoms with E-state index in [0.29, 0.717) is 37.7 Å². The van der Waals surface area contributed by atoms with Gasteiger partial charge in [-0.1, -0.05) is 12.1 Å². The van der Waals surface area contributed by atoms with E-state index in [1.54, 1.807) is 31.3 Å². The van der Waals surface area contributed by atoms with Gasteiger partial charge < -0.3 is 14.8 Å². The van der Waals surface area contributed by atoms with Crippen LogP contribution < -0.4 is 10.1 Å². The van der Waals surface area contributed by atoms with Crippen molar-refractivity contribution < 1.29 is 18.7 Å². The Hall–Kier alpha value is -2.47. The summed E-state index contributed by atoms with van der Waals surface area (Å²) in [5.41, 5.74) is 0.959. The van der Waals surface area contributed by atoms with Crippen molar-refractivity contribution in [3.05, 3.63) is 54.0 Å². The molecule has 0 fully saturated rings. The number of pyridine rings is 1. The normalized spacial score (nSPS) is 10.3. The molecule has 0 amide bonds. The fourth-order valence-electron chi connectivity index (χ4n) is 1.88. The molecule has 0 spiro atoms. The van der Waals surface area contributed by atoms with Crippen molar-refractivity contribution in [2.45, 2.75) is 19.9 Å². The fraction of sp³-hybridized carbons (Fsp3) is 0.294. The molecule has 0 aliphatic heterocycles. The second kappa shape index (κ2) is 8.85. The van der Waals surface area contributed by atoms with Gasteiger partial charge in [0.15, 0.2) is 0 Å². The summed E-state index contributed by atoms with van der Waals surface area (Å²) in [5.74, 6) is 0.227. The van der Waals surface area contributed by atoms with Gasteiger partial charge in [0.1, 0.15) is 11.6 Å². The summed E-state index contributed by atoms with van der Waals surface area (Å²) < 4.78 is 23.4. The van der Waals surface area contributed by atoms with Gasteiger partial charge in [0, 0.05) is 31.4 Å². The van der Waals surface area contributed by atoms with Gasteiger partial charge in [-0.3, -0.25) is 4.79 Å². The molecule has 2 rings (SSSR count). The smallest absolute Gasteiger partial charge is 0.307 e. The highest BCUT2D eigenvalue weighted by Crippen LogP contribution is 2.19. The molecule has 0 atom stereocenters. The highest BCUT2D eigenvalue weighted by Gasteiger charge is 2.02. The molecule has 0 radical (unpaired) electrons. The summed E-state index contributed by atoms with van der Waals surface area (Å²) in [6, 6.07) is 9.46. The van der Waals surface area contributed by atoms with Gasteiger partial charge in [-0.25, -0.2) is 9.37 Å². The highest BCUT2D eigenvalue weighted by atomic mass is 19.1. The summed E-state index contributed by atoms with van der Waals surface area (Å²) in [5, 5.41) is 3.14. The van der Waals surface area contributed by atoms with Gasteiger partial charge in [0.25, 0.3) is 0 Å². The molecule has 6 heteroatoms. The highest BCUT2D eigenvalue weighted by molar-refractivity contribution is 5.69. The molecule has 2 aromatic rings. The number of nitrogens with zero attached hydrogens (tertiary/aromatic N) is 1. The van der Waals surface area contributed by atoms with E-state index in [2.05, 4.69) is 10.3 Å². The number of carbonyl (C=O) groups excluding carboxylic acids is 1. The van der Waals surface area contributed by atoms with Crippen molar-refractivity contribution in [2.75, 3.05) is 13.2 Å². The molecule has 1 aromatic heterocycles. The molecule has 122 valence electrons. The molecule has 5 nitrogen and oxygen atoms in total. The van der Waals surface area contributed by atoms with E-state index < -0.39 is 0 Å². The first-order valence-corrected chi connectivity index (χ1v) is 7.42. The molecule has 1 aromatic carbocycles. The predicted octanol–water partition coefficient (Wildman–Crippen LogP) is 3.06. The maximum absolute atomic E-state index is 13.1. The van der Waals surface area contributed by atoms with E-state index in [0.717, 1.165) is 5.56 Å². The SMILES string of the molecule is CCOC(=O)CCNCc1ccc(Oc2cccc(F)c2)nc1. The van der Waals surface area contributed by atoms with Gasteiger partial charge in [0.2, 0.25) is 5.88 Å². The minimum absolute atomic E-state index is 0.211. The van der Waals surface area contributed by atoms with Crippen LogP contribution in [-0.2, 0) is 16.1 Å². The number of ether oxygens (including phenoxy) is 2. The van der Waals surface area contributed by atoms with Crippen LogP contribution in [0, 0.1) is 5.82 Å². The second-order valence-electron chi connectivity index (χ2n) is 4.80. The lowest BCUT2D eigenvalue weighted by molar-refractivity contribution is -0.142. The molecular formula is C17H19FN2O3. The Labute approximate surface area is 134 Å². The van der Waals surface area contributed by atoms with E-state index >= 15 is 0 Å². The van der Waals surface area contributed by atoms with Gasteiger partial charge in [-0.05, 0) is 24.6 Å². The van der Waals surface area contributed by atoms with Crippen molar-refractivity contribution in [1.29, 1.82) is 0 Å². The van der Waals surface area contributed by atoms with Crippen LogP contribution in [0.5, 0.6) is 11.6 Å². The van der Waals surface area contributed by atoms with E-state index in [1.165, 1.54) is 12.1 Å². The van der Waals surface area contributed by atoms with Crippen molar-refractivity contribution in [3.8, 4) is 11.6 Å². The molecule has 0 unspecified atom stereocenters. The topological polar surface area (TPSA) is 60.5 Å². The third-order valence-electron chi connectivity index (χ3n) is 2.96. The van der Waals surface area contributed by atoms with Gasteiger partial charge in [-0.15, -0.1) is 0 Å². The molecule has 0 saturated heterocycles. The van der Waals surface area contributed by atoms with Crippen molar-refractivity contribution in [2.24, 2.45) is 0 Å². The zero-order chi connectivity index (χ0) is 16.5. The van der Waals surface area contributed by atoms with Crippen LogP contribution in [0.4, 0.5) is 4.39 Å². The Morgan fingerprint density at radius 3 is 2.87 bits per heavy atom. The average Bonchev–Trinajstić information content (AvgIpc) is 2.53. The summed E-state index contributed by atoms with van der Waals surface area (Å²) >= 11 is 0. The summed E-state index contributed by atoms with van der Waals surface area (Å²) in [7, 11) is 0. The third-order valence-corrected chi connectivity index (χ3v) is 2.96. The van der Waals surface area contributed by atoms with Gasteiger partial charge in [0.05, 0.1) is 13.0 Å². The quantitative estimate of drug-likeness (QED) is 0.599. The molecule has 23 heavy (non-hydrogen) atoms. The number of hydrogen-bond donors (Lipinski definition) is 1. The van der Waals surface area contributed by atoms with Crippen molar-refractivity contribution in [1.82, 2.24) is 10.3 Å². The lowest BCUT2D eigenvalue weighted by Crippen LogP contribution is -2.19. The first-order chi connectivity index (χ1) is 11.2. The third kappa shape index (κ3) is 6.04. The van der Waals surface area contributed by atoms with Crippen LogP contribution in [0.3, 0.4) is 0 Å². The number of halogens is 1. The number of aromatic nitrogens is 1. The Kier molecular flexibility index (Phi) is 6.50. The maximum Gasteiger partial charge on any atom is 0.307 e. The Morgan fingerprint density at radius 2 is 2.17 bits per heavy atom. The van der Waals surface area contributed by atoms with Crippen LogP contribution in [0.1, 0.15) is 18.9 Å². The number of nitrogens with one attached hydrogen (secondary N) is 1. The summed E-state index contributed by atoms with van der Waals surface area (Å²) in [6.45, 7) is 3.31. The zero-order valence-corrected chi connectivity index (χ0v) is 12.9. The molecule has 0 saturated carbocycles. The van der Waals surface area contributed by atoms with E-state index in [4.69, 9.17) is 9.47 Å². The lowest BCUT2D eigenvalue weighted by Gasteiger charge is -2.07. The standard InChI is InChI=1S/C17H19FN2O3/c1-2-22-17(21)8-9-19-11-13-6-7-16(20-12-13)23-15-5-3-4-14(18)10-15/h3-7,10,12,19H,2,8-9,11H2,1H3. The van der Waals surface area contributed by atoms with Crippen LogP contribution >= 0.6 is 0 Å². The minimum atomic E-state index is -0.357. The van der Waals surface area contributed by atoms with Gasteiger partial charge >= 0.3 is 5.97 Å². The fourth-order valence-corrected chi connectivity index (χ4v) is 1.88. The van der Waals surface area contributed by atoms with Crippen LogP contribution in [0.25, 0.3) is 0 Å². The Bertz CT molecular complexity index is 632. The number of hydrogen-bond acceptors (Lipinski definition) is 5. The monoisotopic (exact) mass is 318 g/mol. The molecule has 0 aliphatic rings. The molecule has 1 heterocycles. The number of esters is 1. The predicted molar refractivity (Wildman–Crippen MR) is 83.7 cm³/mol. The van der Waals surface area contributed by atoms with Gasteiger partial charge in [-0.2, -0.15) is 0 Å². The Morgan fingerprint density at radius 1 is 1.30 bits per heavy atom. The molecule has 0 aliphatic carbocycles. The number of carbonyl (C=O) groups is 1. The number of benzene rings is 1. The maximum atomic E-state index is 13.1. The molecular weight excluding hydrogens is 299 g/mol. The van der Waals surface area contributed by atoms with Crippen LogP contribution in [-0.4, -0.2) is 24.1 Å². The zero-order valence-electron chi connectivity index (χ0n) is 12.9. The first-order valence-electron chi connectivity index (χ1n) is 7.42. The van der Waals surface area contributed by atoms with E-state index in [9.17, 15) is 9.18 Å².